The number of fused-ring (bicyclic) bond motifs is 1. The predicted molar refractivity (Wildman–Crippen MR) is 130 cm³/mol. The Labute approximate surface area is 189 Å². The lowest BCUT2D eigenvalue weighted by Crippen LogP contribution is -2.36. The van der Waals surface area contributed by atoms with Gasteiger partial charge in [-0.15, -0.1) is 0 Å². The molecule has 0 spiro atoms. The zero-order valence-corrected chi connectivity index (χ0v) is 19.3. The number of pyridine rings is 1. The molecule has 2 aliphatic rings. The number of nitrogens with zero attached hydrogens (tertiary/aromatic N) is 4. The van der Waals surface area contributed by atoms with E-state index in [9.17, 15) is 9.59 Å². The maximum Gasteiger partial charge on any atom is 0.267 e. The predicted octanol–water partition coefficient (Wildman–Crippen LogP) is 3.64. The van der Waals surface area contributed by atoms with Crippen molar-refractivity contribution in [2.24, 2.45) is 0 Å². The summed E-state index contributed by atoms with van der Waals surface area (Å²) in [6, 6.07) is 5.52. The van der Waals surface area contributed by atoms with Crippen molar-refractivity contribution in [2.45, 2.75) is 26.2 Å². The van der Waals surface area contributed by atoms with E-state index in [4.69, 9.17) is 17.2 Å². The van der Waals surface area contributed by atoms with Crippen LogP contribution in [0.25, 0.3) is 11.7 Å². The van der Waals surface area contributed by atoms with Gasteiger partial charge in [-0.2, -0.15) is 11.8 Å². The van der Waals surface area contributed by atoms with Crippen molar-refractivity contribution in [2.75, 3.05) is 36.0 Å². The van der Waals surface area contributed by atoms with Gasteiger partial charge >= 0.3 is 0 Å². The Morgan fingerprint density at radius 1 is 1.20 bits per heavy atom. The van der Waals surface area contributed by atoms with Crippen LogP contribution in [-0.2, 0) is 4.79 Å². The number of anilines is 1. The van der Waals surface area contributed by atoms with E-state index in [1.54, 1.807) is 17.2 Å². The fourth-order valence-corrected chi connectivity index (χ4v) is 5.77. The van der Waals surface area contributed by atoms with Gasteiger partial charge < -0.3 is 4.90 Å². The number of thioether (sulfide) groups is 2. The molecule has 158 valence electrons. The second-order valence-electron chi connectivity index (χ2n) is 7.22. The number of hydrogen-bond donors (Lipinski definition) is 0. The maximum atomic E-state index is 13.3. The van der Waals surface area contributed by atoms with Crippen molar-refractivity contribution in [3.63, 3.8) is 0 Å². The number of carbonyl (C=O) groups excluding carboxylic acids is 1. The second-order valence-corrected chi connectivity index (χ2v) is 10.1. The van der Waals surface area contributed by atoms with Gasteiger partial charge in [-0.25, -0.2) is 4.98 Å². The molecular formula is C21H24N4O2S3. The summed E-state index contributed by atoms with van der Waals surface area (Å²) in [6.45, 7) is 4.42. The fourth-order valence-electron chi connectivity index (χ4n) is 3.58. The van der Waals surface area contributed by atoms with Crippen LogP contribution in [0.5, 0.6) is 0 Å². The zero-order chi connectivity index (χ0) is 21.1. The van der Waals surface area contributed by atoms with Gasteiger partial charge in [0.25, 0.3) is 11.5 Å². The van der Waals surface area contributed by atoms with Crippen LogP contribution in [-0.4, -0.2) is 55.7 Å². The summed E-state index contributed by atoms with van der Waals surface area (Å²) in [4.78, 5) is 35.4. The summed E-state index contributed by atoms with van der Waals surface area (Å²) in [5, 5.41) is 0. The third kappa shape index (κ3) is 4.29. The highest BCUT2D eigenvalue weighted by Gasteiger charge is 2.32. The summed E-state index contributed by atoms with van der Waals surface area (Å²) >= 11 is 8.62. The Bertz CT molecular complexity index is 1060. The van der Waals surface area contributed by atoms with Gasteiger partial charge in [-0.05, 0) is 24.6 Å². The number of hydrogen-bond acceptors (Lipinski definition) is 7. The molecular weight excluding hydrogens is 436 g/mol. The average molecular weight is 461 g/mol. The van der Waals surface area contributed by atoms with Crippen LogP contribution >= 0.6 is 35.7 Å². The van der Waals surface area contributed by atoms with Gasteiger partial charge in [0.1, 0.15) is 15.8 Å². The van der Waals surface area contributed by atoms with Crippen molar-refractivity contribution in [1.29, 1.82) is 0 Å². The number of carbonyl (C=O) groups is 1. The molecule has 2 fully saturated rings. The van der Waals surface area contributed by atoms with Crippen LogP contribution in [0.2, 0.25) is 0 Å². The highest BCUT2D eigenvalue weighted by Crippen LogP contribution is 2.34. The molecule has 0 aromatic carbocycles. The average Bonchev–Trinajstić information content (AvgIpc) is 3.03. The van der Waals surface area contributed by atoms with Crippen LogP contribution in [0.4, 0.5) is 5.82 Å². The zero-order valence-electron chi connectivity index (χ0n) is 16.9. The van der Waals surface area contributed by atoms with Crippen LogP contribution in [0.3, 0.4) is 0 Å². The first-order valence-electron chi connectivity index (χ1n) is 10.2. The van der Waals surface area contributed by atoms with E-state index >= 15 is 0 Å². The summed E-state index contributed by atoms with van der Waals surface area (Å²) in [5.41, 5.74) is 0.907. The summed E-state index contributed by atoms with van der Waals surface area (Å²) in [7, 11) is 0. The minimum atomic E-state index is -0.162. The van der Waals surface area contributed by atoms with Crippen LogP contribution in [0, 0.1) is 0 Å². The summed E-state index contributed by atoms with van der Waals surface area (Å²) in [6.07, 6.45) is 6.48. The minimum Gasteiger partial charge on any atom is -0.354 e. The van der Waals surface area contributed by atoms with Gasteiger partial charge in [-0.1, -0.05) is 49.8 Å². The minimum absolute atomic E-state index is 0.112. The molecule has 6 nitrogen and oxygen atoms in total. The normalized spacial score (nSPS) is 18.8. The highest BCUT2D eigenvalue weighted by molar-refractivity contribution is 8.26. The smallest absolute Gasteiger partial charge is 0.267 e. The first kappa shape index (κ1) is 21.4. The molecule has 0 saturated carbocycles. The Balaban J connectivity index is 1.76. The molecule has 2 aromatic heterocycles. The van der Waals surface area contributed by atoms with Crippen LogP contribution in [0.15, 0.2) is 34.1 Å². The van der Waals surface area contributed by atoms with Crippen molar-refractivity contribution in [3.05, 3.63) is 45.2 Å². The van der Waals surface area contributed by atoms with Gasteiger partial charge in [0, 0.05) is 37.3 Å². The van der Waals surface area contributed by atoms with Gasteiger partial charge in [-0.3, -0.25) is 18.9 Å². The number of amides is 1. The lowest BCUT2D eigenvalue weighted by molar-refractivity contribution is -0.122. The molecule has 0 radical (unpaired) electrons. The molecule has 1 amide bonds. The van der Waals surface area contributed by atoms with E-state index < -0.39 is 0 Å². The first-order chi connectivity index (χ1) is 14.6. The van der Waals surface area contributed by atoms with Gasteiger partial charge in [0.15, 0.2) is 0 Å². The third-order valence-corrected chi connectivity index (χ3v) is 7.51. The van der Waals surface area contributed by atoms with Crippen LogP contribution < -0.4 is 10.5 Å². The monoisotopic (exact) mass is 460 g/mol. The van der Waals surface area contributed by atoms with E-state index in [1.807, 2.05) is 30.0 Å². The molecule has 0 N–H and O–H groups in total. The Morgan fingerprint density at radius 3 is 2.77 bits per heavy atom. The third-order valence-electron chi connectivity index (χ3n) is 5.19. The van der Waals surface area contributed by atoms with E-state index in [-0.39, 0.29) is 11.5 Å². The SMILES string of the molecule is CCCCCN1C(=O)C(=Cc2c(N3CCSCC3)nc3ccccn3c2=O)SC1=S. The molecule has 0 unspecified atom stereocenters. The van der Waals surface area contributed by atoms with E-state index in [0.717, 1.165) is 43.9 Å². The van der Waals surface area contributed by atoms with Crippen LogP contribution in [0.1, 0.15) is 31.7 Å². The maximum absolute atomic E-state index is 13.3. The van der Waals surface area contributed by atoms with Crippen molar-refractivity contribution in [3.8, 4) is 0 Å². The number of aromatic nitrogens is 2. The van der Waals surface area contributed by atoms with E-state index in [2.05, 4.69) is 11.8 Å². The highest BCUT2D eigenvalue weighted by atomic mass is 32.2. The van der Waals surface area contributed by atoms with E-state index in [1.165, 1.54) is 16.2 Å². The summed E-state index contributed by atoms with van der Waals surface area (Å²) in [5.74, 6) is 2.53. The molecule has 4 rings (SSSR count). The molecule has 0 aliphatic carbocycles. The van der Waals surface area contributed by atoms with Crippen molar-refractivity contribution < 1.29 is 4.79 Å². The molecule has 4 heterocycles. The van der Waals surface area contributed by atoms with Gasteiger partial charge in [0.2, 0.25) is 0 Å². The molecule has 30 heavy (non-hydrogen) atoms. The lowest BCUT2D eigenvalue weighted by atomic mass is 10.2. The topological polar surface area (TPSA) is 57.9 Å². The quantitative estimate of drug-likeness (QED) is 0.371. The Kier molecular flexibility index (Phi) is 6.80. The number of unbranched alkanes of at least 4 members (excludes halogenated alkanes) is 2. The molecule has 0 atom stereocenters. The van der Waals surface area contributed by atoms with Gasteiger partial charge in [0.05, 0.1) is 10.5 Å². The Hall–Kier alpha value is -1.84. The number of rotatable bonds is 6. The fraction of sp³-hybridized carbons (Fsp3) is 0.429. The molecule has 0 bridgehead atoms. The van der Waals surface area contributed by atoms with E-state index in [0.29, 0.717) is 32.8 Å². The molecule has 2 aliphatic heterocycles. The first-order valence-corrected chi connectivity index (χ1v) is 12.6. The summed E-state index contributed by atoms with van der Waals surface area (Å²) < 4.78 is 2.10. The van der Waals surface area contributed by atoms with Crippen molar-refractivity contribution in [1.82, 2.24) is 14.3 Å². The standard InChI is InChI=1S/C21H24N4O2S3/c1-2-3-5-9-25-20(27)16(30-21(25)28)14-15-18(23-10-12-29-13-11-23)22-17-7-4-6-8-24(17)19(15)26/h4,6-8,14H,2-3,5,9-13H2,1H3. The Morgan fingerprint density at radius 2 is 2.00 bits per heavy atom. The molecule has 2 aromatic rings. The largest absolute Gasteiger partial charge is 0.354 e. The number of thiocarbonyl (C=S) groups is 1. The lowest BCUT2D eigenvalue weighted by Gasteiger charge is -2.28. The molecule has 9 heteroatoms. The van der Waals surface area contributed by atoms with Crippen molar-refractivity contribution >= 4 is 63.5 Å². The second kappa shape index (κ2) is 9.53. The molecule has 2 saturated heterocycles.